The summed E-state index contributed by atoms with van der Waals surface area (Å²) in [7, 11) is 1.86. The van der Waals surface area contributed by atoms with Crippen LogP contribution in [0.5, 0.6) is 0 Å². The van der Waals surface area contributed by atoms with E-state index >= 15 is 0 Å². The van der Waals surface area contributed by atoms with Crippen LogP contribution in [0.3, 0.4) is 0 Å². The molecular formula is C11H23NO4. The molecule has 0 saturated heterocycles. The first-order valence-corrected chi connectivity index (χ1v) is 5.61. The van der Waals surface area contributed by atoms with E-state index in [0.717, 1.165) is 0 Å². The van der Waals surface area contributed by atoms with Gasteiger partial charge < -0.3 is 19.5 Å². The highest BCUT2D eigenvalue weighted by atomic mass is 16.5. The third kappa shape index (κ3) is 7.62. The van der Waals surface area contributed by atoms with Crippen LogP contribution in [0.2, 0.25) is 0 Å². The summed E-state index contributed by atoms with van der Waals surface area (Å²) in [5, 5.41) is 8.88. The number of rotatable bonds is 9. The molecule has 5 heteroatoms. The van der Waals surface area contributed by atoms with Crippen molar-refractivity contribution in [3.8, 4) is 0 Å². The van der Waals surface area contributed by atoms with Crippen molar-refractivity contribution in [3.05, 3.63) is 0 Å². The van der Waals surface area contributed by atoms with Gasteiger partial charge in [0.25, 0.3) is 0 Å². The molecular weight excluding hydrogens is 210 g/mol. The number of aliphatic carboxylic acids is 1. The molecule has 1 N–H and O–H groups in total. The van der Waals surface area contributed by atoms with Gasteiger partial charge in [-0.15, -0.1) is 0 Å². The number of hydrogen-bond donors (Lipinski definition) is 1. The normalized spacial score (nSPS) is 13.4. The Morgan fingerprint density at radius 1 is 1.38 bits per heavy atom. The van der Waals surface area contributed by atoms with E-state index in [0.29, 0.717) is 26.3 Å². The summed E-state index contributed by atoms with van der Waals surface area (Å²) in [6, 6.07) is 0. The fourth-order valence-electron chi connectivity index (χ4n) is 1.22. The van der Waals surface area contributed by atoms with E-state index in [1.807, 2.05) is 25.8 Å². The van der Waals surface area contributed by atoms with Crippen molar-refractivity contribution >= 4 is 5.97 Å². The standard InChI is InChI=1S/C11H23NO4/c1-5-15-10(11(13)14)8-12(4)6-7-16-9(2)3/h9-10H,5-8H2,1-4H3,(H,13,14). The molecule has 0 spiro atoms. The second-order valence-electron chi connectivity index (χ2n) is 3.96. The zero-order valence-electron chi connectivity index (χ0n) is 10.6. The predicted octanol–water partition coefficient (Wildman–Crippen LogP) is 0.833. The summed E-state index contributed by atoms with van der Waals surface area (Å²) >= 11 is 0. The number of carboxylic acid groups (broad SMARTS) is 1. The lowest BCUT2D eigenvalue weighted by Gasteiger charge is -2.21. The van der Waals surface area contributed by atoms with Gasteiger partial charge in [-0.25, -0.2) is 4.79 Å². The fraction of sp³-hybridized carbons (Fsp3) is 0.909. The molecule has 5 nitrogen and oxygen atoms in total. The lowest BCUT2D eigenvalue weighted by atomic mass is 10.3. The van der Waals surface area contributed by atoms with Crippen molar-refractivity contribution < 1.29 is 19.4 Å². The Bertz CT molecular complexity index is 196. The molecule has 16 heavy (non-hydrogen) atoms. The minimum Gasteiger partial charge on any atom is -0.479 e. The number of ether oxygens (including phenoxy) is 2. The molecule has 0 heterocycles. The van der Waals surface area contributed by atoms with Gasteiger partial charge in [0.05, 0.1) is 12.7 Å². The molecule has 0 fully saturated rings. The van der Waals surface area contributed by atoms with Crippen molar-refractivity contribution in [2.75, 3.05) is 33.4 Å². The molecule has 0 bridgehead atoms. The van der Waals surface area contributed by atoms with Gasteiger partial charge in [0.1, 0.15) is 0 Å². The van der Waals surface area contributed by atoms with Crippen LogP contribution in [-0.4, -0.2) is 61.5 Å². The van der Waals surface area contributed by atoms with E-state index < -0.39 is 12.1 Å². The topological polar surface area (TPSA) is 59.0 Å². The third-order valence-corrected chi connectivity index (χ3v) is 2.04. The highest BCUT2D eigenvalue weighted by molar-refractivity contribution is 5.72. The number of carboxylic acids is 1. The Morgan fingerprint density at radius 3 is 2.44 bits per heavy atom. The molecule has 1 atom stereocenters. The maximum atomic E-state index is 10.8. The summed E-state index contributed by atoms with van der Waals surface area (Å²) in [4.78, 5) is 12.7. The van der Waals surface area contributed by atoms with Crippen molar-refractivity contribution in [2.24, 2.45) is 0 Å². The molecule has 0 amide bonds. The first kappa shape index (κ1) is 15.3. The lowest BCUT2D eigenvalue weighted by Crippen LogP contribution is -2.38. The lowest BCUT2D eigenvalue weighted by molar-refractivity contribution is -0.151. The Kier molecular flexibility index (Phi) is 8.15. The van der Waals surface area contributed by atoms with E-state index in [4.69, 9.17) is 14.6 Å². The van der Waals surface area contributed by atoms with Gasteiger partial charge in [-0.05, 0) is 27.8 Å². The molecule has 0 aliphatic carbocycles. The van der Waals surface area contributed by atoms with E-state index in [-0.39, 0.29) is 6.10 Å². The molecule has 0 rings (SSSR count). The van der Waals surface area contributed by atoms with Gasteiger partial charge in [-0.3, -0.25) is 0 Å². The second kappa shape index (κ2) is 8.50. The van der Waals surface area contributed by atoms with Crippen molar-refractivity contribution in [1.29, 1.82) is 0 Å². The number of nitrogens with zero attached hydrogens (tertiary/aromatic N) is 1. The number of likely N-dealkylation sites (N-methyl/N-ethyl adjacent to an activating group) is 1. The van der Waals surface area contributed by atoms with Crippen LogP contribution in [-0.2, 0) is 14.3 Å². The zero-order valence-corrected chi connectivity index (χ0v) is 10.6. The molecule has 96 valence electrons. The number of hydrogen-bond acceptors (Lipinski definition) is 4. The van der Waals surface area contributed by atoms with E-state index in [1.54, 1.807) is 6.92 Å². The van der Waals surface area contributed by atoms with Crippen LogP contribution in [0.25, 0.3) is 0 Å². The van der Waals surface area contributed by atoms with Gasteiger partial charge in [-0.2, -0.15) is 0 Å². The van der Waals surface area contributed by atoms with Crippen LogP contribution in [0.1, 0.15) is 20.8 Å². The van der Waals surface area contributed by atoms with Gasteiger partial charge in [0.15, 0.2) is 6.10 Å². The Labute approximate surface area is 97.3 Å². The van der Waals surface area contributed by atoms with Gasteiger partial charge >= 0.3 is 5.97 Å². The monoisotopic (exact) mass is 233 g/mol. The van der Waals surface area contributed by atoms with Gasteiger partial charge in [-0.1, -0.05) is 0 Å². The predicted molar refractivity (Wildman–Crippen MR) is 61.6 cm³/mol. The first-order valence-electron chi connectivity index (χ1n) is 5.61. The quantitative estimate of drug-likeness (QED) is 0.639. The Balaban J connectivity index is 3.81. The SMILES string of the molecule is CCOC(CN(C)CCOC(C)C)C(=O)O. The third-order valence-electron chi connectivity index (χ3n) is 2.04. The van der Waals surface area contributed by atoms with Crippen LogP contribution in [0.4, 0.5) is 0 Å². The Morgan fingerprint density at radius 2 is 2.00 bits per heavy atom. The second-order valence-corrected chi connectivity index (χ2v) is 3.96. The summed E-state index contributed by atoms with van der Waals surface area (Å²) in [6.45, 7) is 7.83. The average Bonchev–Trinajstić information content (AvgIpc) is 2.16. The zero-order chi connectivity index (χ0) is 12.6. The average molecular weight is 233 g/mol. The summed E-state index contributed by atoms with van der Waals surface area (Å²) in [5.41, 5.74) is 0. The smallest absolute Gasteiger partial charge is 0.334 e. The highest BCUT2D eigenvalue weighted by Crippen LogP contribution is 1.97. The minimum absolute atomic E-state index is 0.204. The maximum absolute atomic E-state index is 10.8. The number of carbonyl (C=O) groups is 1. The van der Waals surface area contributed by atoms with Crippen LogP contribution in [0.15, 0.2) is 0 Å². The van der Waals surface area contributed by atoms with E-state index in [9.17, 15) is 4.79 Å². The minimum atomic E-state index is -0.918. The molecule has 0 radical (unpaired) electrons. The molecule has 0 aliphatic heterocycles. The van der Waals surface area contributed by atoms with Crippen molar-refractivity contribution in [3.63, 3.8) is 0 Å². The van der Waals surface area contributed by atoms with Crippen LogP contribution < -0.4 is 0 Å². The van der Waals surface area contributed by atoms with E-state index in [2.05, 4.69) is 0 Å². The van der Waals surface area contributed by atoms with Crippen LogP contribution in [0, 0.1) is 0 Å². The molecule has 0 aromatic heterocycles. The summed E-state index contributed by atoms with van der Waals surface area (Å²) < 4.78 is 10.5. The molecule has 0 aromatic rings. The molecule has 0 aliphatic rings. The summed E-state index contributed by atoms with van der Waals surface area (Å²) in [5.74, 6) is -0.918. The van der Waals surface area contributed by atoms with Crippen molar-refractivity contribution in [2.45, 2.75) is 33.0 Å². The first-order chi connectivity index (χ1) is 7.47. The van der Waals surface area contributed by atoms with E-state index in [1.165, 1.54) is 0 Å². The van der Waals surface area contributed by atoms with Gasteiger partial charge in [0.2, 0.25) is 0 Å². The van der Waals surface area contributed by atoms with Crippen molar-refractivity contribution in [1.82, 2.24) is 4.90 Å². The summed E-state index contributed by atoms with van der Waals surface area (Å²) in [6.07, 6.45) is -0.551. The molecule has 0 saturated carbocycles. The maximum Gasteiger partial charge on any atom is 0.334 e. The highest BCUT2D eigenvalue weighted by Gasteiger charge is 2.19. The van der Waals surface area contributed by atoms with Gasteiger partial charge in [0, 0.05) is 19.7 Å². The Hall–Kier alpha value is -0.650. The van der Waals surface area contributed by atoms with Crippen LogP contribution >= 0.6 is 0 Å². The molecule has 0 aromatic carbocycles. The molecule has 1 unspecified atom stereocenters. The fourth-order valence-corrected chi connectivity index (χ4v) is 1.22. The largest absolute Gasteiger partial charge is 0.479 e.